The van der Waals surface area contributed by atoms with Crippen LogP contribution in [0.15, 0.2) is 12.1 Å². The van der Waals surface area contributed by atoms with E-state index < -0.39 is 11.6 Å². The van der Waals surface area contributed by atoms with Crippen LogP contribution in [-0.4, -0.2) is 12.1 Å². The molecule has 2 N–H and O–H groups in total. The fraction of sp³-hybridized carbons (Fsp3) is 0.455. The lowest BCUT2D eigenvalue weighted by Gasteiger charge is -2.12. The Morgan fingerprint density at radius 3 is 2.60 bits per heavy atom. The molecule has 4 heteroatoms. The summed E-state index contributed by atoms with van der Waals surface area (Å²) in [6.45, 7) is 1.75. The van der Waals surface area contributed by atoms with Gasteiger partial charge < -0.3 is 10.5 Å². The van der Waals surface area contributed by atoms with Crippen LogP contribution in [0.3, 0.4) is 0 Å². The Balaban J connectivity index is 2.11. The van der Waals surface area contributed by atoms with E-state index in [1.165, 1.54) is 19.1 Å². The minimum absolute atomic E-state index is 0.0603. The van der Waals surface area contributed by atoms with E-state index in [2.05, 4.69) is 0 Å². The van der Waals surface area contributed by atoms with Crippen molar-refractivity contribution in [3.63, 3.8) is 0 Å². The SMILES string of the molecule is Cc1ccc(OCC2(N)CC2)c(F)c1F. The van der Waals surface area contributed by atoms with Gasteiger partial charge in [-0.25, -0.2) is 4.39 Å². The Bertz CT molecular complexity index is 388. The lowest BCUT2D eigenvalue weighted by atomic mass is 10.2. The summed E-state index contributed by atoms with van der Waals surface area (Å²) in [5.74, 6) is -1.84. The third-order valence-electron chi connectivity index (χ3n) is 2.65. The highest BCUT2D eigenvalue weighted by Crippen LogP contribution is 2.33. The van der Waals surface area contributed by atoms with Gasteiger partial charge in [0.15, 0.2) is 11.6 Å². The second-order valence-electron chi connectivity index (χ2n) is 4.16. The van der Waals surface area contributed by atoms with Crippen molar-refractivity contribution < 1.29 is 13.5 Å². The molecule has 15 heavy (non-hydrogen) atoms. The molecule has 82 valence electrons. The van der Waals surface area contributed by atoms with Crippen molar-refractivity contribution in [1.82, 2.24) is 0 Å². The van der Waals surface area contributed by atoms with Crippen molar-refractivity contribution in [3.8, 4) is 5.75 Å². The normalized spacial score (nSPS) is 17.6. The van der Waals surface area contributed by atoms with Crippen LogP contribution in [0.1, 0.15) is 18.4 Å². The molecular formula is C11H13F2NO. The third-order valence-corrected chi connectivity index (χ3v) is 2.65. The van der Waals surface area contributed by atoms with Crippen LogP contribution in [0.25, 0.3) is 0 Å². The van der Waals surface area contributed by atoms with Crippen molar-refractivity contribution in [3.05, 3.63) is 29.3 Å². The van der Waals surface area contributed by atoms with Gasteiger partial charge in [-0.15, -0.1) is 0 Å². The van der Waals surface area contributed by atoms with Crippen molar-refractivity contribution >= 4 is 0 Å². The molecule has 0 aliphatic heterocycles. The molecule has 0 atom stereocenters. The van der Waals surface area contributed by atoms with Gasteiger partial charge in [0, 0.05) is 0 Å². The molecule has 0 amide bonds. The highest BCUT2D eigenvalue weighted by molar-refractivity contribution is 5.30. The molecule has 1 aromatic carbocycles. The monoisotopic (exact) mass is 213 g/mol. The van der Waals surface area contributed by atoms with Crippen molar-refractivity contribution in [2.45, 2.75) is 25.3 Å². The summed E-state index contributed by atoms with van der Waals surface area (Å²) in [7, 11) is 0. The average molecular weight is 213 g/mol. The fourth-order valence-electron chi connectivity index (χ4n) is 1.27. The lowest BCUT2D eigenvalue weighted by Crippen LogP contribution is -2.30. The van der Waals surface area contributed by atoms with Gasteiger partial charge >= 0.3 is 0 Å². The summed E-state index contributed by atoms with van der Waals surface area (Å²) in [6.07, 6.45) is 1.76. The number of ether oxygens (including phenoxy) is 1. The summed E-state index contributed by atoms with van der Waals surface area (Å²) in [6, 6.07) is 2.92. The Kier molecular flexibility index (Phi) is 2.38. The number of hydrogen-bond donors (Lipinski definition) is 1. The Morgan fingerprint density at radius 2 is 2.00 bits per heavy atom. The summed E-state index contributed by atoms with van der Waals surface area (Å²) in [5.41, 5.74) is 5.72. The number of benzene rings is 1. The number of hydrogen-bond acceptors (Lipinski definition) is 2. The second-order valence-corrected chi connectivity index (χ2v) is 4.16. The van der Waals surface area contributed by atoms with E-state index in [1.54, 1.807) is 0 Å². The molecule has 1 saturated carbocycles. The zero-order chi connectivity index (χ0) is 11.1. The molecule has 2 nitrogen and oxygen atoms in total. The zero-order valence-electron chi connectivity index (χ0n) is 8.52. The maximum atomic E-state index is 13.3. The highest BCUT2D eigenvalue weighted by Gasteiger charge is 2.39. The summed E-state index contributed by atoms with van der Waals surface area (Å²) in [4.78, 5) is 0. The molecule has 2 rings (SSSR count). The van der Waals surface area contributed by atoms with E-state index in [-0.39, 0.29) is 23.5 Å². The predicted molar refractivity (Wildman–Crippen MR) is 52.7 cm³/mol. The Morgan fingerprint density at radius 1 is 1.33 bits per heavy atom. The maximum absolute atomic E-state index is 13.3. The van der Waals surface area contributed by atoms with Crippen LogP contribution in [0, 0.1) is 18.6 Å². The summed E-state index contributed by atoms with van der Waals surface area (Å²) < 4.78 is 31.6. The molecular weight excluding hydrogens is 200 g/mol. The van der Waals surface area contributed by atoms with E-state index >= 15 is 0 Å². The first kappa shape index (κ1) is 10.4. The third kappa shape index (κ3) is 2.09. The summed E-state index contributed by atoms with van der Waals surface area (Å²) in [5, 5.41) is 0. The first-order valence-electron chi connectivity index (χ1n) is 4.88. The molecule has 0 radical (unpaired) electrons. The largest absolute Gasteiger partial charge is 0.488 e. The van der Waals surface area contributed by atoms with Crippen LogP contribution in [-0.2, 0) is 0 Å². The first-order chi connectivity index (χ1) is 7.02. The van der Waals surface area contributed by atoms with E-state index in [0.29, 0.717) is 0 Å². The van der Waals surface area contributed by atoms with Crippen LogP contribution in [0.4, 0.5) is 8.78 Å². The molecule has 1 fully saturated rings. The number of halogens is 2. The standard InChI is InChI=1S/C11H13F2NO/c1-7-2-3-8(10(13)9(7)12)15-6-11(14)4-5-11/h2-3H,4-6,14H2,1H3. The number of aryl methyl sites for hydroxylation is 1. The zero-order valence-corrected chi connectivity index (χ0v) is 8.52. The van der Waals surface area contributed by atoms with Gasteiger partial charge in [0.2, 0.25) is 5.82 Å². The van der Waals surface area contributed by atoms with E-state index in [4.69, 9.17) is 10.5 Å². The Labute approximate surface area is 87.0 Å². The van der Waals surface area contributed by atoms with Gasteiger partial charge in [0.25, 0.3) is 0 Å². The second kappa shape index (κ2) is 3.45. The topological polar surface area (TPSA) is 35.2 Å². The molecule has 1 aliphatic carbocycles. The predicted octanol–water partition coefficient (Wildman–Crippen LogP) is 2.14. The molecule has 0 spiro atoms. The fourth-order valence-corrected chi connectivity index (χ4v) is 1.27. The van der Waals surface area contributed by atoms with Crippen LogP contribution >= 0.6 is 0 Å². The van der Waals surface area contributed by atoms with E-state index in [9.17, 15) is 8.78 Å². The Hall–Kier alpha value is -1.16. The lowest BCUT2D eigenvalue weighted by molar-refractivity contribution is 0.263. The quantitative estimate of drug-likeness (QED) is 0.834. The van der Waals surface area contributed by atoms with Crippen molar-refractivity contribution in [1.29, 1.82) is 0 Å². The molecule has 1 aliphatic rings. The summed E-state index contributed by atoms with van der Waals surface area (Å²) >= 11 is 0. The van der Waals surface area contributed by atoms with Gasteiger partial charge in [-0.2, -0.15) is 4.39 Å². The number of nitrogens with two attached hydrogens (primary N) is 1. The first-order valence-corrected chi connectivity index (χ1v) is 4.88. The average Bonchev–Trinajstić information content (AvgIpc) is 2.93. The molecule has 0 saturated heterocycles. The van der Waals surface area contributed by atoms with Crippen molar-refractivity contribution in [2.75, 3.05) is 6.61 Å². The molecule has 0 heterocycles. The molecule has 0 aromatic heterocycles. The van der Waals surface area contributed by atoms with Crippen LogP contribution < -0.4 is 10.5 Å². The highest BCUT2D eigenvalue weighted by atomic mass is 19.2. The van der Waals surface area contributed by atoms with Gasteiger partial charge in [-0.05, 0) is 31.4 Å². The molecule has 0 bridgehead atoms. The number of rotatable bonds is 3. The van der Waals surface area contributed by atoms with E-state index in [0.717, 1.165) is 12.8 Å². The van der Waals surface area contributed by atoms with Gasteiger partial charge in [-0.1, -0.05) is 6.07 Å². The minimum Gasteiger partial charge on any atom is -0.488 e. The van der Waals surface area contributed by atoms with Gasteiger partial charge in [-0.3, -0.25) is 0 Å². The van der Waals surface area contributed by atoms with E-state index in [1.807, 2.05) is 0 Å². The van der Waals surface area contributed by atoms with Gasteiger partial charge in [0.05, 0.1) is 5.54 Å². The van der Waals surface area contributed by atoms with Crippen molar-refractivity contribution in [2.24, 2.45) is 5.73 Å². The molecule has 0 unspecified atom stereocenters. The van der Waals surface area contributed by atoms with Crippen LogP contribution in [0.5, 0.6) is 5.75 Å². The van der Waals surface area contributed by atoms with Gasteiger partial charge in [0.1, 0.15) is 6.61 Å². The molecule has 1 aromatic rings. The smallest absolute Gasteiger partial charge is 0.200 e. The minimum atomic E-state index is -0.931. The van der Waals surface area contributed by atoms with Crippen LogP contribution in [0.2, 0.25) is 0 Å². The maximum Gasteiger partial charge on any atom is 0.200 e.